The van der Waals surface area contributed by atoms with E-state index >= 15 is 0 Å². The highest BCUT2D eigenvalue weighted by Gasteiger charge is 2.19. The predicted molar refractivity (Wildman–Crippen MR) is 115 cm³/mol. The molecule has 5 heteroatoms. The van der Waals surface area contributed by atoms with Crippen molar-refractivity contribution in [2.45, 2.75) is 20.4 Å². The summed E-state index contributed by atoms with van der Waals surface area (Å²) in [4.78, 5) is 17.3. The number of pyridine rings is 1. The second-order valence-corrected chi connectivity index (χ2v) is 7.09. The third-order valence-electron chi connectivity index (χ3n) is 4.76. The summed E-state index contributed by atoms with van der Waals surface area (Å²) in [6.45, 7) is 4.61. The van der Waals surface area contributed by atoms with Crippen LogP contribution in [0.4, 0.5) is 5.69 Å². The smallest absolute Gasteiger partial charge is 0.259 e. The van der Waals surface area contributed by atoms with Gasteiger partial charge in [0.2, 0.25) is 0 Å². The first-order valence-electron chi connectivity index (χ1n) is 9.50. The summed E-state index contributed by atoms with van der Waals surface area (Å²) in [6, 6.07) is 19.8. The van der Waals surface area contributed by atoms with E-state index in [-0.39, 0.29) is 5.91 Å². The molecule has 0 saturated carbocycles. The summed E-state index contributed by atoms with van der Waals surface area (Å²) in [5.41, 5.74) is 6.06. The summed E-state index contributed by atoms with van der Waals surface area (Å²) < 4.78 is 1.80. The first kappa shape index (κ1) is 18.6. The largest absolute Gasteiger partial charge is 0.322 e. The van der Waals surface area contributed by atoms with Crippen LogP contribution in [0, 0.1) is 13.8 Å². The van der Waals surface area contributed by atoms with E-state index in [2.05, 4.69) is 16.4 Å². The zero-order valence-corrected chi connectivity index (χ0v) is 16.5. The average Bonchev–Trinajstić information content (AvgIpc) is 3.15. The van der Waals surface area contributed by atoms with Crippen LogP contribution in [0.2, 0.25) is 0 Å². The molecule has 0 unspecified atom stereocenters. The van der Waals surface area contributed by atoms with E-state index in [1.54, 1.807) is 23.3 Å². The normalized spacial score (nSPS) is 10.7. The summed E-state index contributed by atoms with van der Waals surface area (Å²) in [6.07, 6.45) is 5.23. The van der Waals surface area contributed by atoms with Crippen LogP contribution >= 0.6 is 0 Å². The number of hydrogen-bond acceptors (Lipinski definition) is 3. The number of amides is 1. The van der Waals surface area contributed by atoms with Gasteiger partial charge in [0.05, 0.1) is 12.1 Å². The maximum absolute atomic E-state index is 13.1. The lowest BCUT2D eigenvalue weighted by Crippen LogP contribution is -2.13. The van der Waals surface area contributed by atoms with Crippen molar-refractivity contribution in [2.24, 2.45) is 0 Å². The van der Waals surface area contributed by atoms with Crippen molar-refractivity contribution in [3.63, 3.8) is 0 Å². The Labute approximate surface area is 170 Å². The Kier molecular flexibility index (Phi) is 5.20. The van der Waals surface area contributed by atoms with Gasteiger partial charge in [0.1, 0.15) is 5.69 Å². The van der Waals surface area contributed by atoms with Crippen molar-refractivity contribution in [1.29, 1.82) is 0 Å². The van der Waals surface area contributed by atoms with Gasteiger partial charge in [-0.2, -0.15) is 5.10 Å². The number of aryl methyl sites for hydroxylation is 2. The molecule has 0 spiro atoms. The van der Waals surface area contributed by atoms with Gasteiger partial charge in [0.15, 0.2) is 0 Å². The number of nitrogens with zero attached hydrogens (tertiary/aromatic N) is 3. The lowest BCUT2D eigenvalue weighted by molar-refractivity contribution is 0.102. The molecule has 1 amide bonds. The third-order valence-corrected chi connectivity index (χ3v) is 4.76. The highest BCUT2D eigenvalue weighted by molar-refractivity contribution is 6.08. The van der Waals surface area contributed by atoms with Crippen molar-refractivity contribution in [1.82, 2.24) is 14.8 Å². The van der Waals surface area contributed by atoms with Gasteiger partial charge < -0.3 is 5.32 Å². The highest BCUT2D eigenvalue weighted by Crippen LogP contribution is 2.24. The third kappa shape index (κ3) is 4.24. The fourth-order valence-electron chi connectivity index (χ4n) is 3.30. The Bertz CT molecular complexity index is 1130. The first-order chi connectivity index (χ1) is 14.1. The van der Waals surface area contributed by atoms with Gasteiger partial charge in [0, 0.05) is 29.8 Å². The van der Waals surface area contributed by atoms with E-state index in [1.165, 1.54) is 0 Å². The van der Waals surface area contributed by atoms with Gasteiger partial charge >= 0.3 is 0 Å². The van der Waals surface area contributed by atoms with Crippen molar-refractivity contribution in [3.05, 3.63) is 102 Å². The number of nitrogens with one attached hydrogen (secondary N) is 1. The lowest BCUT2D eigenvalue weighted by atomic mass is 10.1. The molecule has 2 heterocycles. The van der Waals surface area contributed by atoms with Gasteiger partial charge in [-0.15, -0.1) is 0 Å². The van der Waals surface area contributed by atoms with Gasteiger partial charge in [0.25, 0.3) is 5.91 Å². The van der Waals surface area contributed by atoms with Crippen LogP contribution in [-0.4, -0.2) is 20.7 Å². The van der Waals surface area contributed by atoms with Crippen molar-refractivity contribution in [3.8, 4) is 11.3 Å². The molecule has 0 aliphatic rings. The zero-order chi connectivity index (χ0) is 20.2. The van der Waals surface area contributed by atoms with E-state index in [9.17, 15) is 4.79 Å². The summed E-state index contributed by atoms with van der Waals surface area (Å²) >= 11 is 0. The molecule has 144 valence electrons. The van der Waals surface area contributed by atoms with Crippen LogP contribution in [0.25, 0.3) is 11.3 Å². The Morgan fingerprint density at radius 3 is 2.59 bits per heavy atom. The van der Waals surface area contributed by atoms with Crippen LogP contribution in [0.3, 0.4) is 0 Å². The standard InChI is InChI=1S/C24H22N4O/c1-17-10-11-22(18(2)13-17)26-24(29)21-16-28(15-19-7-4-3-5-8-19)27-23(21)20-9-6-12-25-14-20/h3-14,16H,15H2,1-2H3,(H,26,29). The maximum atomic E-state index is 13.1. The molecule has 2 aromatic heterocycles. The summed E-state index contributed by atoms with van der Waals surface area (Å²) in [5, 5.41) is 7.72. The molecule has 29 heavy (non-hydrogen) atoms. The Morgan fingerprint density at radius 1 is 1.03 bits per heavy atom. The minimum absolute atomic E-state index is 0.185. The number of carbonyl (C=O) groups is 1. The fourth-order valence-corrected chi connectivity index (χ4v) is 3.30. The second-order valence-electron chi connectivity index (χ2n) is 7.09. The lowest BCUT2D eigenvalue weighted by Gasteiger charge is -2.09. The van der Waals surface area contributed by atoms with Gasteiger partial charge in [-0.05, 0) is 43.2 Å². The van der Waals surface area contributed by atoms with E-state index in [0.29, 0.717) is 17.8 Å². The quantitative estimate of drug-likeness (QED) is 0.536. The molecule has 4 rings (SSSR count). The molecule has 0 bridgehead atoms. The minimum Gasteiger partial charge on any atom is -0.322 e. The molecule has 1 N–H and O–H groups in total. The van der Waals surface area contributed by atoms with Gasteiger partial charge in [-0.3, -0.25) is 14.5 Å². The number of benzene rings is 2. The molecule has 2 aromatic carbocycles. The molecule has 0 aliphatic carbocycles. The van der Waals surface area contributed by atoms with E-state index in [4.69, 9.17) is 5.10 Å². The Morgan fingerprint density at radius 2 is 1.86 bits per heavy atom. The summed E-state index contributed by atoms with van der Waals surface area (Å²) in [7, 11) is 0. The van der Waals surface area contributed by atoms with Crippen LogP contribution in [0.5, 0.6) is 0 Å². The van der Waals surface area contributed by atoms with Crippen LogP contribution in [0.1, 0.15) is 27.0 Å². The number of carbonyl (C=O) groups excluding carboxylic acids is 1. The molecule has 0 atom stereocenters. The molecule has 4 aromatic rings. The van der Waals surface area contributed by atoms with E-state index < -0.39 is 0 Å². The van der Waals surface area contributed by atoms with E-state index in [0.717, 1.165) is 27.9 Å². The maximum Gasteiger partial charge on any atom is 0.259 e. The molecule has 0 saturated heterocycles. The minimum atomic E-state index is -0.185. The Hall–Kier alpha value is -3.73. The monoisotopic (exact) mass is 382 g/mol. The van der Waals surface area contributed by atoms with Gasteiger partial charge in [-0.1, -0.05) is 48.0 Å². The average molecular weight is 382 g/mol. The molecule has 0 radical (unpaired) electrons. The predicted octanol–water partition coefficient (Wildman–Crippen LogP) is 4.86. The Balaban J connectivity index is 1.69. The molecule has 0 fully saturated rings. The van der Waals surface area contributed by atoms with Crippen molar-refractivity contribution >= 4 is 11.6 Å². The first-order valence-corrected chi connectivity index (χ1v) is 9.50. The van der Waals surface area contributed by atoms with Crippen LogP contribution in [-0.2, 0) is 6.54 Å². The number of anilines is 1. The van der Waals surface area contributed by atoms with Crippen LogP contribution in [0.15, 0.2) is 79.3 Å². The fraction of sp³-hybridized carbons (Fsp3) is 0.125. The molecular weight excluding hydrogens is 360 g/mol. The second kappa shape index (κ2) is 8.10. The van der Waals surface area contributed by atoms with Crippen molar-refractivity contribution in [2.75, 3.05) is 5.32 Å². The molecule has 0 aliphatic heterocycles. The van der Waals surface area contributed by atoms with Crippen molar-refractivity contribution < 1.29 is 4.79 Å². The number of rotatable bonds is 5. The highest BCUT2D eigenvalue weighted by atomic mass is 16.1. The summed E-state index contributed by atoms with van der Waals surface area (Å²) in [5.74, 6) is -0.185. The number of hydrogen-bond donors (Lipinski definition) is 1. The zero-order valence-electron chi connectivity index (χ0n) is 16.5. The van der Waals surface area contributed by atoms with Crippen LogP contribution < -0.4 is 5.32 Å². The molecular formula is C24H22N4O. The van der Waals surface area contributed by atoms with Gasteiger partial charge in [-0.25, -0.2) is 0 Å². The molecule has 5 nitrogen and oxygen atoms in total. The SMILES string of the molecule is Cc1ccc(NC(=O)c2cn(Cc3ccccc3)nc2-c2cccnc2)c(C)c1. The number of aromatic nitrogens is 3. The topological polar surface area (TPSA) is 59.8 Å². The van der Waals surface area contributed by atoms with E-state index in [1.807, 2.05) is 68.4 Å².